The van der Waals surface area contributed by atoms with Crippen LogP contribution in [0.2, 0.25) is 0 Å². The molecule has 7 nitrogen and oxygen atoms in total. The van der Waals surface area contributed by atoms with Crippen molar-refractivity contribution in [3.63, 3.8) is 0 Å². The Hall–Kier alpha value is -2.93. The number of aliphatic hydroxyl groups excluding tert-OH is 1. The van der Waals surface area contributed by atoms with Gasteiger partial charge in [0.1, 0.15) is 12.4 Å². The Morgan fingerprint density at radius 2 is 1.88 bits per heavy atom. The Kier molecular flexibility index (Phi) is 7.28. The second-order valence-corrected chi connectivity index (χ2v) is 9.23. The van der Waals surface area contributed by atoms with Crippen molar-refractivity contribution in [3.05, 3.63) is 59.4 Å². The summed E-state index contributed by atoms with van der Waals surface area (Å²) in [7, 11) is 0. The highest BCUT2D eigenvalue weighted by molar-refractivity contribution is 5.97. The standard InChI is InChI=1S/C26H33N3O4/c1-20-18-27-12-8-21(20)24(31)28-13-5-4-9-26(19-30)10-14-29(15-11-26)25(32)22-6-2-3-7-23(22)33-17-16-28/h2-3,6-8,12,18,30H,4-5,9-11,13-17,19H2,1H3. The first-order valence-corrected chi connectivity index (χ1v) is 11.8. The maximum Gasteiger partial charge on any atom is 0.257 e. The van der Waals surface area contributed by atoms with Crippen molar-refractivity contribution in [2.24, 2.45) is 5.41 Å². The number of ether oxygens (including phenoxy) is 1. The zero-order valence-corrected chi connectivity index (χ0v) is 19.3. The van der Waals surface area contributed by atoms with E-state index in [4.69, 9.17) is 4.74 Å². The Morgan fingerprint density at radius 3 is 2.64 bits per heavy atom. The van der Waals surface area contributed by atoms with Crippen molar-refractivity contribution in [3.8, 4) is 5.75 Å². The zero-order valence-electron chi connectivity index (χ0n) is 19.3. The van der Waals surface area contributed by atoms with Crippen LogP contribution in [0.3, 0.4) is 0 Å². The lowest BCUT2D eigenvalue weighted by Crippen LogP contribution is -2.44. The van der Waals surface area contributed by atoms with E-state index in [1.807, 2.05) is 34.9 Å². The molecule has 33 heavy (non-hydrogen) atoms. The minimum atomic E-state index is -0.149. The number of carbonyl (C=O) groups is 2. The van der Waals surface area contributed by atoms with Crippen LogP contribution in [-0.2, 0) is 0 Å². The molecule has 0 spiro atoms. The smallest absolute Gasteiger partial charge is 0.257 e. The van der Waals surface area contributed by atoms with Crippen LogP contribution in [0.5, 0.6) is 5.75 Å². The van der Waals surface area contributed by atoms with E-state index >= 15 is 0 Å². The summed E-state index contributed by atoms with van der Waals surface area (Å²) in [4.78, 5) is 34.3. The first-order valence-electron chi connectivity index (χ1n) is 11.8. The summed E-state index contributed by atoms with van der Waals surface area (Å²) in [6.45, 7) is 4.66. The molecule has 1 saturated heterocycles. The van der Waals surface area contributed by atoms with Gasteiger partial charge in [-0.2, -0.15) is 0 Å². The lowest BCUT2D eigenvalue weighted by Gasteiger charge is -2.41. The quantitative estimate of drug-likeness (QED) is 0.758. The van der Waals surface area contributed by atoms with E-state index in [0.29, 0.717) is 49.7 Å². The Morgan fingerprint density at radius 1 is 1.09 bits per heavy atom. The highest BCUT2D eigenvalue weighted by Gasteiger charge is 2.36. The van der Waals surface area contributed by atoms with Crippen molar-refractivity contribution < 1.29 is 19.4 Å². The highest BCUT2D eigenvalue weighted by atomic mass is 16.5. The predicted molar refractivity (Wildman–Crippen MR) is 125 cm³/mol. The van der Waals surface area contributed by atoms with E-state index in [1.165, 1.54) is 0 Å². The van der Waals surface area contributed by atoms with Gasteiger partial charge in [-0.3, -0.25) is 14.6 Å². The first-order chi connectivity index (χ1) is 16.0. The molecule has 0 aliphatic carbocycles. The summed E-state index contributed by atoms with van der Waals surface area (Å²) in [6, 6.07) is 9.07. The van der Waals surface area contributed by atoms with Gasteiger partial charge in [-0.25, -0.2) is 0 Å². The van der Waals surface area contributed by atoms with Crippen LogP contribution in [-0.4, -0.2) is 71.1 Å². The number of nitrogens with zero attached hydrogens (tertiary/aromatic N) is 3. The van der Waals surface area contributed by atoms with Crippen LogP contribution >= 0.6 is 0 Å². The van der Waals surface area contributed by atoms with Crippen molar-refractivity contribution >= 4 is 11.8 Å². The molecule has 2 aromatic rings. The number of pyridine rings is 1. The third-order valence-corrected chi connectivity index (χ3v) is 7.11. The van der Waals surface area contributed by atoms with Gasteiger partial charge in [0.2, 0.25) is 0 Å². The molecule has 0 atom stereocenters. The molecular weight excluding hydrogens is 418 g/mol. The first kappa shape index (κ1) is 23.2. The average molecular weight is 452 g/mol. The minimum absolute atomic E-state index is 0.0314. The number of aromatic nitrogens is 1. The molecule has 2 bridgehead atoms. The number of benzene rings is 1. The monoisotopic (exact) mass is 451 g/mol. The maximum absolute atomic E-state index is 13.3. The van der Waals surface area contributed by atoms with Gasteiger partial charge in [0.05, 0.1) is 12.1 Å². The summed E-state index contributed by atoms with van der Waals surface area (Å²) in [5.74, 6) is 0.479. The summed E-state index contributed by atoms with van der Waals surface area (Å²) in [5, 5.41) is 10.2. The van der Waals surface area contributed by atoms with Crippen LogP contribution in [0, 0.1) is 12.3 Å². The van der Waals surface area contributed by atoms with Crippen molar-refractivity contribution in [1.29, 1.82) is 0 Å². The number of amides is 2. The number of rotatable bonds is 2. The van der Waals surface area contributed by atoms with Crippen LogP contribution in [0.1, 0.15) is 58.4 Å². The largest absolute Gasteiger partial charge is 0.491 e. The summed E-state index contributed by atoms with van der Waals surface area (Å²) < 4.78 is 6.03. The van der Waals surface area contributed by atoms with Crippen LogP contribution in [0.25, 0.3) is 0 Å². The van der Waals surface area contributed by atoms with E-state index in [0.717, 1.165) is 37.7 Å². The number of carbonyl (C=O) groups excluding carboxylic acids is 2. The fourth-order valence-electron chi connectivity index (χ4n) is 4.88. The number of para-hydroxylation sites is 1. The molecule has 1 N–H and O–H groups in total. The number of piperidine rings is 1. The number of aryl methyl sites for hydroxylation is 1. The summed E-state index contributed by atoms with van der Waals surface area (Å²) in [6.07, 6.45) is 7.61. The van der Waals surface area contributed by atoms with Gasteiger partial charge >= 0.3 is 0 Å². The molecule has 2 amide bonds. The molecule has 0 saturated carbocycles. The van der Waals surface area contributed by atoms with Gasteiger partial charge in [0, 0.05) is 44.2 Å². The zero-order chi connectivity index (χ0) is 23.3. The van der Waals surface area contributed by atoms with E-state index in [1.54, 1.807) is 24.5 Å². The SMILES string of the molecule is Cc1cnccc1C(=O)N1CCCCC2(CO)CCN(CC2)C(=O)c2ccccc2OCC1. The Labute approximate surface area is 195 Å². The molecule has 0 radical (unpaired) electrons. The molecule has 176 valence electrons. The lowest BCUT2D eigenvalue weighted by atomic mass is 9.75. The maximum atomic E-state index is 13.3. The Balaban J connectivity index is 1.58. The molecule has 5 rings (SSSR count). The lowest BCUT2D eigenvalue weighted by molar-refractivity contribution is 0.0297. The van der Waals surface area contributed by atoms with Gasteiger partial charge in [0.25, 0.3) is 11.8 Å². The van der Waals surface area contributed by atoms with E-state index in [9.17, 15) is 14.7 Å². The van der Waals surface area contributed by atoms with Gasteiger partial charge in [-0.15, -0.1) is 0 Å². The van der Waals surface area contributed by atoms with Crippen LogP contribution in [0.4, 0.5) is 0 Å². The highest BCUT2D eigenvalue weighted by Crippen LogP contribution is 2.37. The van der Waals surface area contributed by atoms with E-state index in [2.05, 4.69) is 4.98 Å². The van der Waals surface area contributed by atoms with E-state index in [-0.39, 0.29) is 23.8 Å². The molecule has 1 aromatic heterocycles. The minimum Gasteiger partial charge on any atom is -0.491 e. The normalized spacial score (nSPS) is 19.3. The predicted octanol–water partition coefficient (Wildman–Crippen LogP) is 3.31. The molecule has 3 aliphatic rings. The second-order valence-electron chi connectivity index (χ2n) is 9.23. The molecular formula is C26H33N3O4. The summed E-state index contributed by atoms with van der Waals surface area (Å²) >= 11 is 0. The third-order valence-electron chi connectivity index (χ3n) is 7.11. The molecule has 0 unspecified atom stereocenters. The number of hydrogen-bond donors (Lipinski definition) is 1. The van der Waals surface area contributed by atoms with Gasteiger partial charge in [-0.1, -0.05) is 18.6 Å². The molecule has 1 fully saturated rings. The van der Waals surface area contributed by atoms with Gasteiger partial charge in [0.15, 0.2) is 0 Å². The van der Waals surface area contributed by atoms with Crippen LogP contribution in [0.15, 0.2) is 42.7 Å². The van der Waals surface area contributed by atoms with E-state index < -0.39 is 0 Å². The van der Waals surface area contributed by atoms with Gasteiger partial charge in [-0.05, 0) is 61.8 Å². The topological polar surface area (TPSA) is 83.0 Å². The van der Waals surface area contributed by atoms with Crippen LogP contribution < -0.4 is 4.74 Å². The van der Waals surface area contributed by atoms with Crippen molar-refractivity contribution in [2.75, 3.05) is 39.4 Å². The average Bonchev–Trinajstić information content (AvgIpc) is 2.86. The number of hydrogen-bond acceptors (Lipinski definition) is 5. The second kappa shape index (κ2) is 10.3. The molecule has 1 aromatic carbocycles. The molecule has 4 heterocycles. The fraction of sp³-hybridized carbons (Fsp3) is 0.500. The third kappa shape index (κ3) is 5.19. The fourth-order valence-corrected chi connectivity index (χ4v) is 4.88. The summed E-state index contributed by atoms with van der Waals surface area (Å²) in [5.41, 5.74) is 1.90. The van der Waals surface area contributed by atoms with Crippen molar-refractivity contribution in [1.82, 2.24) is 14.8 Å². The number of fused-ring (bicyclic) bond motifs is 9. The van der Waals surface area contributed by atoms with Gasteiger partial charge < -0.3 is 19.6 Å². The molecule has 3 aliphatic heterocycles. The number of aliphatic hydroxyl groups is 1. The Bertz CT molecular complexity index is 985. The van der Waals surface area contributed by atoms with Crippen molar-refractivity contribution in [2.45, 2.75) is 39.0 Å². The molecule has 7 heteroatoms.